The van der Waals surface area contributed by atoms with E-state index < -0.39 is 0 Å². The van der Waals surface area contributed by atoms with Gasteiger partial charge in [0.25, 0.3) is 0 Å². The van der Waals surface area contributed by atoms with Crippen molar-refractivity contribution in [2.24, 2.45) is 5.92 Å². The molecule has 0 heterocycles. The molecule has 1 aromatic carbocycles. The van der Waals surface area contributed by atoms with Gasteiger partial charge in [-0.15, -0.1) is 0 Å². The molecule has 2 unspecified atom stereocenters. The summed E-state index contributed by atoms with van der Waals surface area (Å²) in [5.41, 5.74) is 1.39. The lowest BCUT2D eigenvalue weighted by Gasteiger charge is -2.22. The molecule has 2 atom stereocenters. The summed E-state index contributed by atoms with van der Waals surface area (Å²) in [5, 5.41) is 3.41. The van der Waals surface area contributed by atoms with Crippen LogP contribution in [-0.2, 0) is 6.42 Å². The second kappa shape index (κ2) is 6.29. The molecular weight excluding hydrogens is 250 g/mol. The van der Waals surface area contributed by atoms with Crippen LogP contribution >= 0.6 is 15.9 Å². The van der Waals surface area contributed by atoms with Crippen molar-refractivity contribution in [1.82, 2.24) is 5.32 Å². The Balaban J connectivity index is 2.66. The van der Waals surface area contributed by atoms with E-state index >= 15 is 0 Å². The molecule has 0 radical (unpaired) electrons. The van der Waals surface area contributed by atoms with E-state index in [-0.39, 0.29) is 0 Å². The van der Waals surface area contributed by atoms with Gasteiger partial charge < -0.3 is 5.32 Å². The lowest BCUT2D eigenvalue weighted by atomic mass is 9.93. The molecule has 0 amide bonds. The van der Waals surface area contributed by atoms with Gasteiger partial charge in [-0.3, -0.25) is 0 Å². The molecule has 0 bridgehead atoms. The standard InChI is InChI=1S/C13H20BrN/c1-4-10(2)13(15-3)9-11-6-5-7-12(14)8-11/h5-8,10,13,15H,4,9H2,1-3H3. The number of likely N-dealkylation sites (N-methyl/N-ethyl adjacent to an activating group) is 1. The average molecular weight is 270 g/mol. The van der Waals surface area contributed by atoms with Crippen molar-refractivity contribution < 1.29 is 0 Å². The fourth-order valence-electron chi connectivity index (χ4n) is 1.79. The predicted octanol–water partition coefficient (Wildman–Crippen LogP) is 3.63. The maximum absolute atomic E-state index is 3.51. The minimum absolute atomic E-state index is 0.573. The van der Waals surface area contributed by atoms with E-state index in [0.717, 1.165) is 6.42 Å². The van der Waals surface area contributed by atoms with Crippen LogP contribution in [0.2, 0.25) is 0 Å². The van der Waals surface area contributed by atoms with Crippen LogP contribution in [0.5, 0.6) is 0 Å². The van der Waals surface area contributed by atoms with Gasteiger partial charge in [-0.2, -0.15) is 0 Å². The molecule has 0 saturated carbocycles. The minimum Gasteiger partial charge on any atom is -0.316 e. The first-order chi connectivity index (χ1) is 7.17. The van der Waals surface area contributed by atoms with Crippen molar-refractivity contribution in [3.8, 4) is 0 Å². The van der Waals surface area contributed by atoms with E-state index in [2.05, 4.69) is 66.4 Å². The number of rotatable bonds is 5. The average Bonchev–Trinajstić information content (AvgIpc) is 2.25. The van der Waals surface area contributed by atoms with Gasteiger partial charge in [0.05, 0.1) is 0 Å². The molecule has 0 aliphatic heterocycles. The summed E-state index contributed by atoms with van der Waals surface area (Å²) in [6, 6.07) is 9.14. The minimum atomic E-state index is 0.573. The Bertz CT molecular complexity index is 298. The van der Waals surface area contributed by atoms with Gasteiger partial charge in [0, 0.05) is 10.5 Å². The molecule has 0 fully saturated rings. The summed E-state index contributed by atoms with van der Waals surface area (Å²) in [6.45, 7) is 4.55. The second-order valence-electron chi connectivity index (χ2n) is 4.11. The number of halogens is 1. The molecule has 1 N–H and O–H groups in total. The molecular formula is C13H20BrN. The zero-order valence-electron chi connectivity index (χ0n) is 9.76. The van der Waals surface area contributed by atoms with Gasteiger partial charge in [0.1, 0.15) is 0 Å². The SMILES string of the molecule is CCC(C)C(Cc1cccc(Br)c1)NC. The van der Waals surface area contributed by atoms with Crippen molar-refractivity contribution in [2.75, 3.05) is 7.05 Å². The van der Waals surface area contributed by atoms with Gasteiger partial charge in [0.2, 0.25) is 0 Å². The van der Waals surface area contributed by atoms with Crippen LogP contribution < -0.4 is 5.32 Å². The molecule has 1 nitrogen and oxygen atoms in total. The van der Waals surface area contributed by atoms with Gasteiger partial charge in [-0.25, -0.2) is 0 Å². The highest BCUT2D eigenvalue weighted by Gasteiger charge is 2.13. The molecule has 0 saturated heterocycles. The molecule has 2 heteroatoms. The summed E-state index contributed by atoms with van der Waals surface area (Å²) >= 11 is 3.51. The second-order valence-corrected chi connectivity index (χ2v) is 5.03. The van der Waals surface area contributed by atoms with Gasteiger partial charge in [-0.05, 0) is 37.1 Å². The van der Waals surface area contributed by atoms with Crippen molar-refractivity contribution >= 4 is 15.9 Å². The lowest BCUT2D eigenvalue weighted by molar-refractivity contribution is 0.386. The van der Waals surface area contributed by atoms with E-state index in [9.17, 15) is 0 Å². The third-order valence-corrected chi connectivity index (χ3v) is 3.54. The zero-order valence-corrected chi connectivity index (χ0v) is 11.3. The first-order valence-electron chi connectivity index (χ1n) is 5.59. The van der Waals surface area contributed by atoms with Crippen LogP contribution in [0.25, 0.3) is 0 Å². The van der Waals surface area contributed by atoms with Crippen LogP contribution in [0.15, 0.2) is 28.7 Å². The molecule has 0 spiro atoms. The topological polar surface area (TPSA) is 12.0 Å². The Morgan fingerprint density at radius 1 is 1.40 bits per heavy atom. The quantitative estimate of drug-likeness (QED) is 0.861. The third-order valence-electron chi connectivity index (χ3n) is 3.05. The Morgan fingerprint density at radius 2 is 2.13 bits per heavy atom. The normalized spacial score (nSPS) is 14.9. The molecule has 0 aliphatic carbocycles. The fourth-order valence-corrected chi connectivity index (χ4v) is 2.24. The van der Waals surface area contributed by atoms with E-state index in [1.165, 1.54) is 16.5 Å². The first-order valence-corrected chi connectivity index (χ1v) is 6.38. The first kappa shape index (κ1) is 12.7. The highest BCUT2D eigenvalue weighted by Crippen LogP contribution is 2.16. The lowest BCUT2D eigenvalue weighted by Crippen LogP contribution is -2.33. The Labute approximate surface area is 101 Å². The number of hydrogen-bond acceptors (Lipinski definition) is 1. The fraction of sp³-hybridized carbons (Fsp3) is 0.538. The molecule has 15 heavy (non-hydrogen) atoms. The van der Waals surface area contributed by atoms with E-state index in [4.69, 9.17) is 0 Å². The van der Waals surface area contributed by atoms with Crippen molar-refractivity contribution in [1.29, 1.82) is 0 Å². The van der Waals surface area contributed by atoms with Crippen LogP contribution in [0.4, 0.5) is 0 Å². The molecule has 0 aliphatic rings. The van der Waals surface area contributed by atoms with E-state index in [0.29, 0.717) is 12.0 Å². The van der Waals surface area contributed by atoms with Crippen molar-refractivity contribution in [3.05, 3.63) is 34.3 Å². The molecule has 1 rings (SSSR count). The van der Waals surface area contributed by atoms with Crippen LogP contribution in [-0.4, -0.2) is 13.1 Å². The number of benzene rings is 1. The summed E-state index contributed by atoms with van der Waals surface area (Å²) in [4.78, 5) is 0. The van der Waals surface area contributed by atoms with Crippen LogP contribution in [0.3, 0.4) is 0 Å². The Hall–Kier alpha value is -0.340. The van der Waals surface area contributed by atoms with Crippen molar-refractivity contribution in [2.45, 2.75) is 32.7 Å². The molecule has 0 aromatic heterocycles. The summed E-state index contributed by atoms with van der Waals surface area (Å²) in [5.74, 6) is 0.717. The highest BCUT2D eigenvalue weighted by atomic mass is 79.9. The van der Waals surface area contributed by atoms with Gasteiger partial charge >= 0.3 is 0 Å². The van der Waals surface area contributed by atoms with Gasteiger partial charge in [0.15, 0.2) is 0 Å². The zero-order chi connectivity index (χ0) is 11.3. The van der Waals surface area contributed by atoms with E-state index in [1.807, 2.05) is 0 Å². The molecule has 84 valence electrons. The largest absolute Gasteiger partial charge is 0.316 e. The maximum atomic E-state index is 3.51. The van der Waals surface area contributed by atoms with Crippen molar-refractivity contribution in [3.63, 3.8) is 0 Å². The van der Waals surface area contributed by atoms with Crippen LogP contribution in [0.1, 0.15) is 25.8 Å². The summed E-state index contributed by atoms with van der Waals surface area (Å²) < 4.78 is 1.17. The monoisotopic (exact) mass is 269 g/mol. The maximum Gasteiger partial charge on any atom is 0.0178 e. The summed E-state index contributed by atoms with van der Waals surface area (Å²) in [7, 11) is 2.05. The number of hydrogen-bond donors (Lipinski definition) is 1. The van der Waals surface area contributed by atoms with Crippen LogP contribution in [0, 0.1) is 5.92 Å². The smallest absolute Gasteiger partial charge is 0.0178 e. The Morgan fingerprint density at radius 3 is 2.67 bits per heavy atom. The predicted molar refractivity (Wildman–Crippen MR) is 70.1 cm³/mol. The number of nitrogens with one attached hydrogen (secondary N) is 1. The summed E-state index contributed by atoms with van der Waals surface area (Å²) in [6.07, 6.45) is 2.32. The van der Waals surface area contributed by atoms with E-state index in [1.54, 1.807) is 0 Å². The highest BCUT2D eigenvalue weighted by molar-refractivity contribution is 9.10. The molecule has 1 aromatic rings. The third kappa shape index (κ3) is 3.96. The Kier molecular flexibility index (Phi) is 5.34. The van der Waals surface area contributed by atoms with Gasteiger partial charge in [-0.1, -0.05) is 48.3 Å².